The van der Waals surface area contributed by atoms with Crippen molar-refractivity contribution in [3.8, 4) is 0 Å². The summed E-state index contributed by atoms with van der Waals surface area (Å²) in [5.74, 6) is 0.383. The average molecular weight is 387 g/mol. The predicted molar refractivity (Wildman–Crippen MR) is 98.6 cm³/mol. The van der Waals surface area contributed by atoms with Crippen molar-refractivity contribution in [3.05, 3.63) is 35.4 Å². The molecule has 1 aromatic rings. The van der Waals surface area contributed by atoms with Crippen LogP contribution in [0.2, 0.25) is 0 Å². The van der Waals surface area contributed by atoms with Gasteiger partial charge in [-0.3, -0.25) is 0 Å². The van der Waals surface area contributed by atoms with E-state index < -0.39 is 12.6 Å². The highest BCUT2D eigenvalue weighted by Crippen LogP contribution is 2.18. The van der Waals surface area contributed by atoms with Gasteiger partial charge < -0.3 is 20.1 Å². The van der Waals surface area contributed by atoms with E-state index >= 15 is 0 Å². The first-order chi connectivity index (χ1) is 13.0. The predicted octanol–water partition coefficient (Wildman–Crippen LogP) is 3.39. The molecular formula is C19H28F3N3O2. The summed E-state index contributed by atoms with van der Waals surface area (Å²) in [6, 6.07) is 7.92. The Morgan fingerprint density at radius 1 is 1.15 bits per heavy atom. The highest BCUT2D eigenvalue weighted by atomic mass is 19.4. The Bertz CT molecular complexity index is 571. The summed E-state index contributed by atoms with van der Waals surface area (Å²) in [6.07, 6.45) is -2.94. The molecule has 152 valence electrons. The minimum atomic E-state index is -4.17. The molecule has 0 unspecified atom stereocenters. The van der Waals surface area contributed by atoms with Crippen molar-refractivity contribution < 1.29 is 22.6 Å². The molecule has 0 saturated carbocycles. The number of hydrogen-bond acceptors (Lipinski definition) is 3. The first-order valence-corrected chi connectivity index (χ1v) is 9.32. The van der Waals surface area contributed by atoms with E-state index in [0.29, 0.717) is 25.7 Å². The summed E-state index contributed by atoms with van der Waals surface area (Å²) in [5.41, 5.74) is 2.07. The monoisotopic (exact) mass is 387 g/mol. The Kier molecular flexibility index (Phi) is 8.87. The minimum Gasteiger partial charge on any atom is -0.381 e. The van der Waals surface area contributed by atoms with Crippen LogP contribution in [0.3, 0.4) is 0 Å². The van der Waals surface area contributed by atoms with Crippen LogP contribution in [0.15, 0.2) is 29.3 Å². The Labute approximate surface area is 158 Å². The smallest absolute Gasteiger partial charge is 0.381 e. The van der Waals surface area contributed by atoms with Crippen LogP contribution in [0.1, 0.15) is 37.3 Å². The molecular weight excluding hydrogens is 359 g/mol. The van der Waals surface area contributed by atoms with Gasteiger partial charge in [-0.15, -0.1) is 0 Å². The third kappa shape index (κ3) is 9.10. The number of rotatable bonds is 8. The Hall–Kier alpha value is -1.80. The van der Waals surface area contributed by atoms with Crippen LogP contribution in [0.4, 0.5) is 13.2 Å². The maximum Gasteiger partial charge on any atom is 0.390 e. The Morgan fingerprint density at radius 3 is 2.44 bits per heavy atom. The summed E-state index contributed by atoms with van der Waals surface area (Å²) in [6.45, 7) is 4.73. The van der Waals surface area contributed by atoms with Gasteiger partial charge in [-0.2, -0.15) is 13.2 Å². The van der Waals surface area contributed by atoms with E-state index in [4.69, 9.17) is 9.47 Å². The van der Waals surface area contributed by atoms with Gasteiger partial charge in [-0.05, 0) is 30.9 Å². The van der Waals surface area contributed by atoms with Crippen molar-refractivity contribution >= 4 is 5.96 Å². The van der Waals surface area contributed by atoms with Gasteiger partial charge in [0.05, 0.1) is 25.7 Å². The molecule has 0 amide bonds. The number of benzene rings is 1. The molecule has 27 heavy (non-hydrogen) atoms. The summed E-state index contributed by atoms with van der Waals surface area (Å²) in [7, 11) is 0. The van der Waals surface area contributed by atoms with Crippen molar-refractivity contribution in [1.82, 2.24) is 10.6 Å². The first-order valence-electron chi connectivity index (χ1n) is 9.32. The third-order valence-corrected chi connectivity index (χ3v) is 4.14. The molecule has 8 heteroatoms. The topological polar surface area (TPSA) is 54.9 Å². The van der Waals surface area contributed by atoms with E-state index in [0.717, 1.165) is 37.2 Å². The Morgan fingerprint density at radius 2 is 1.81 bits per heavy atom. The number of nitrogens with one attached hydrogen (secondary N) is 2. The molecule has 2 N–H and O–H groups in total. The van der Waals surface area contributed by atoms with Crippen LogP contribution in [0.5, 0.6) is 0 Å². The van der Waals surface area contributed by atoms with Crippen LogP contribution in [0.25, 0.3) is 0 Å². The maximum atomic E-state index is 12.2. The molecule has 0 aromatic heterocycles. The van der Waals surface area contributed by atoms with Crippen molar-refractivity contribution in [2.24, 2.45) is 4.99 Å². The van der Waals surface area contributed by atoms with Crippen LogP contribution >= 0.6 is 0 Å². The van der Waals surface area contributed by atoms with Crippen molar-refractivity contribution in [1.29, 1.82) is 0 Å². The number of guanidine groups is 1. The second-order valence-corrected chi connectivity index (χ2v) is 6.43. The highest BCUT2D eigenvalue weighted by Gasteiger charge is 2.26. The summed E-state index contributed by atoms with van der Waals surface area (Å²) < 4.78 is 47.9. The fraction of sp³-hybridized carbons (Fsp3) is 0.632. The zero-order valence-electron chi connectivity index (χ0n) is 15.6. The molecule has 1 saturated heterocycles. The largest absolute Gasteiger partial charge is 0.390 e. The van der Waals surface area contributed by atoms with Gasteiger partial charge in [0.2, 0.25) is 0 Å². The zero-order chi connectivity index (χ0) is 19.5. The fourth-order valence-corrected chi connectivity index (χ4v) is 2.63. The lowest BCUT2D eigenvalue weighted by Crippen LogP contribution is -2.38. The molecule has 1 heterocycles. The van der Waals surface area contributed by atoms with E-state index in [9.17, 15) is 13.2 Å². The molecule has 2 rings (SSSR count). The number of halogens is 3. The van der Waals surface area contributed by atoms with E-state index in [1.165, 1.54) is 0 Å². The number of hydrogen-bond donors (Lipinski definition) is 2. The summed E-state index contributed by atoms with van der Waals surface area (Å²) >= 11 is 0. The van der Waals surface area contributed by atoms with E-state index in [1.54, 1.807) is 0 Å². The van der Waals surface area contributed by atoms with Crippen molar-refractivity contribution in [2.75, 3.05) is 26.3 Å². The minimum absolute atomic E-state index is 0.197. The van der Waals surface area contributed by atoms with E-state index in [2.05, 4.69) is 15.6 Å². The van der Waals surface area contributed by atoms with E-state index in [-0.39, 0.29) is 12.6 Å². The molecule has 1 aliphatic rings. The normalized spacial score (nSPS) is 16.4. The SMILES string of the molecule is CCNC(=NCc1ccc(COC2CCOCC2)cc1)NCCC(F)(F)F. The van der Waals surface area contributed by atoms with Gasteiger partial charge in [0.15, 0.2) is 5.96 Å². The van der Waals surface area contributed by atoms with Gasteiger partial charge in [0.1, 0.15) is 0 Å². The lowest BCUT2D eigenvalue weighted by atomic mass is 10.1. The van der Waals surface area contributed by atoms with Gasteiger partial charge in [0.25, 0.3) is 0 Å². The third-order valence-electron chi connectivity index (χ3n) is 4.14. The summed E-state index contributed by atoms with van der Waals surface area (Å²) in [5, 5.41) is 5.65. The molecule has 0 aliphatic carbocycles. The van der Waals surface area contributed by atoms with Crippen LogP contribution in [0, 0.1) is 0 Å². The number of alkyl halides is 3. The zero-order valence-corrected chi connectivity index (χ0v) is 15.6. The first kappa shape index (κ1) is 21.5. The quantitative estimate of drug-likeness (QED) is 0.530. The molecule has 0 spiro atoms. The second kappa shape index (κ2) is 11.1. The molecule has 0 atom stereocenters. The van der Waals surface area contributed by atoms with Crippen LogP contribution < -0.4 is 10.6 Å². The summed E-state index contributed by atoms with van der Waals surface area (Å²) in [4.78, 5) is 4.33. The molecule has 0 bridgehead atoms. The number of aliphatic imine (C=N–C) groups is 1. The average Bonchev–Trinajstić information content (AvgIpc) is 2.65. The molecule has 0 radical (unpaired) electrons. The molecule has 5 nitrogen and oxygen atoms in total. The maximum absolute atomic E-state index is 12.2. The fourth-order valence-electron chi connectivity index (χ4n) is 2.63. The van der Waals surface area contributed by atoms with Gasteiger partial charge >= 0.3 is 6.18 Å². The number of ether oxygens (including phenoxy) is 2. The van der Waals surface area contributed by atoms with E-state index in [1.807, 2.05) is 31.2 Å². The van der Waals surface area contributed by atoms with Gasteiger partial charge in [0, 0.05) is 26.3 Å². The van der Waals surface area contributed by atoms with Crippen molar-refractivity contribution in [3.63, 3.8) is 0 Å². The van der Waals surface area contributed by atoms with Gasteiger partial charge in [-0.25, -0.2) is 4.99 Å². The molecule has 1 aliphatic heterocycles. The van der Waals surface area contributed by atoms with Crippen molar-refractivity contribution in [2.45, 2.75) is 51.6 Å². The van der Waals surface area contributed by atoms with Crippen LogP contribution in [-0.4, -0.2) is 44.5 Å². The molecule has 1 fully saturated rings. The standard InChI is InChI=1S/C19H28F3N3O2/c1-2-23-18(24-10-9-19(20,21)22)25-13-15-3-5-16(6-4-15)14-27-17-7-11-26-12-8-17/h3-6,17H,2,7-14H2,1H3,(H2,23,24,25). The lowest BCUT2D eigenvalue weighted by Gasteiger charge is -2.22. The highest BCUT2D eigenvalue weighted by molar-refractivity contribution is 5.79. The van der Waals surface area contributed by atoms with Crippen LogP contribution in [-0.2, 0) is 22.6 Å². The lowest BCUT2D eigenvalue weighted by molar-refractivity contribution is -0.132. The Balaban J connectivity index is 1.79. The number of nitrogens with zero attached hydrogens (tertiary/aromatic N) is 1. The van der Waals surface area contributed by atoms with Gasteiger partial charge in [-0.1, -0.05) is 24.3 Å². The molecule has 1 aromatic carbocycles. The second-order valence-electron chi connectivity index (χ2n) is 6.43.